The highest BCUT2D eigenvalue weighted by molar-refractivity contribution is 9.11. The SMILES string of the molecule is Clc1ccc(C(Br)Cc2ccc3ccccc3c2)c(Br)c1. The van der Waals surface area contributed by atoms with Gasteiger partial charge in [0.15, 0.2) is 0 Å². The lowest BCUT2D eigenvalue weighted by Gasteiger charge is -2.13. The molecule has 0 saturated carbocycles. The number of alkyl halides is 1. The van der Waals surface area contributed by atoms with E-state index in [2.05, 4.69) is 80.4 Å². The Kier molecular flexibility index (Phi) is 4.68. The molecule has 3 aromatic carbocycles. The van der Waals surface area contributed by atoms with Crippen molar-refractivity contribution in [2.24, 2.45) is 0 Å². The summed E-state index contributed by atoms with van der Waals surface area (Å²) in [7, 11) is 0. The normalized spacial score (nSPS) is 12.5. The van der Waals surface area contributed by atoms with E-state index in [1.165, 1.54) is 21.9 Å². The topological polar surface area (TPSA) is 0 Å². The Balaban J connectivity index is 1.87. The molecule has 0 heterocycles. The van der Waals surface area contributed by atoms with Crippen LogP contribution in [0.15, 0.2) is 65.1 Å². The zero-order valence-electron chi connectivity index (χ0n) is 11.2. The van der Waals surface area contributed by atoms with E-state index in [9.17, 15) is 0 Å². The molecule has 3 rings (SSSR count). The Morgan fingerprint density at radius 3 is 2.43 bits per heavy atom. The first kappa shape index (κ1) is 15.1. The predicted molar refractivity (Wildman–Crippen MR) is 98.5 cm³/mol. The molecule has 0 amide bonds. The fourth-order valence-electron chi connectivity index (χ4n) is 2.44. The summed E-state index contributed by atoms with van der Waals surface area (Å²) in [6.07, 6.45) is 0.936. The maximum absolute atomic E-state index is 6.00. The number of benzene rings is 3. The second-order valence-electron chi connectivity index (χ2n) is 5.02. The Morgan fingerprint density at radius 2 is 1.67 bits per heavy atom. The summed E-state index contributed by atoms with van der Waals surface area (Å²) in [5, 5.41) is 3.31. The van der Waals surface area contributed by atoms with Gasteiger partial charge in [-0.3, -0.25) is 0 Å². The summed E-state index contributed by atoms with van der Waals surface area (Å²) in [6, 6.07) is 21.0. The quantitative estimate of drug-likeness (QED) is 0.400. The molecule has 3 aromatic rings. The lowest BCUT2D eigenvalue weighted by molar-refractivity contribution is 0.945. The molecule has 0 aliphatic heterocycles. The lowest BCUT2D eigenvalue weighted by Crippen LogP contribution is -1.96. The second kappa shape index (κ2) is 6.51. The monoisotopic (exact) mass is 422 g/mol. The van der Waals surface area contributed by atoms with Crippen molar-refractivity contribution in [1.82, 2.24) is 0 Å². The van der Waals surface area contributed by atoms with Crippen molar-refractivity contribution in [3.8, 4) is 0 Å². The maximum atomic E-state index is 6.00. The van der Waals surface area contributed by atoms with E-state index in [1.54, 1.807) is 0 Å². The molecule has 0 spiro atoms. The molecule has 0 aromatic heterocycles. The zero-order valence-corrected chi connectivity index (χ0v) is 15.1. The van der Waals surface area contributed by atoms with Crippen LogP contribution in [0.1, 0.15) is 16.0 Å². The molecule has 0 radical (unpaired) electrons. The first-order valence-electron chi connectivity index (χ1n) is 6.70. The Morgan fingerprint density at radius 1 is 0.905 bits per heavy atom. The van der Waals surface area contributed by atoms with Gasteiger partial charge in [0.1, 0.15) is 0 Å². The molecule has 0 aliphatic carbocycles. The van der Waals surface area contributed by atoms with Crippen molar-refractivity contribution in [3.05, 3.63) is 81.3 Å². The molecular formula is C18H13Br2Cl. The van der Waals surface area contributed by atoms with Gasteiger partial charge in [0, 0.05) is 14.3 Å². The third-order valence-corrected chi connectivity index (χ3v) is 5.27. The van der Waals surface area contributed by atoms with Gasteiger partial charge in [-0.25, -0.2) is 0 Å². The molecule has 1 unspecified atom stereocenters. The molecule has 0 saturated heterocycles. The van der Waals surface area contributed by atoms with E-state index < -0.39 is 0 Å². The van der Waals surface area contributed by atoms with E-state index in [0.29, 0.717) is 0 Å². The number of halogens is 3. The van der Waals surface area contributed by atoms with E-state index in [4.69, 9.17) is 11.6 Å². The van der Waals surface area contributed by atoms with Gasteiger partial charge in [0.25, 0.3) is 0 Å². The van der Waals surface area contributed by atoms with E-state index in [0.717, 1.165) is 15.9 Å². The standard InChI is InChI=1S/C18H13Br2Cl/c19-17(16-8-7-15(21)11-18(16)20)10-12-5-6-13-3-1-2-4-14(13)9-12/h1-9,11,17H,10H2. The van der Waals surface area contributed by atoms with E-state index in [-0.39, 0.29) is 4.83 Å². The third kappa shape index (κ3) is 3.50. The van der Waals surface area contributed by atoms with Crippen LogP contribution in [-0.4, -0.2) is 0 Å². The molecule has 0 nitrogen and oxygen atoms in total. The van der Waals surface area contributed by atoms with Gasteiger partial charge in [0.2, 0.25) is 0 Å². The highest BCUT2D eigenvalue weighted by Crippen LogP contribution is 2.34. The molecular weight excluding hydrogens is 411 g/mol. The summed E-state index contributed by atoms with van der Waals surface area (Å²) in [5.41, 5.74) is 2.53. The smallest absolute Gasteiger partial charge is 0.0446 e. The van der Waals surface area contributed by atoms with Crippen LogP contribution < -0.4 is 0 Å². The molecule has 1 atom stereocenters. The molecule has 3 heteroatoms. The van der Waals surface area contributed by atoms with Crippen molar-refractivity contribution in [1.29, 1.82) is 0 Å². The highest BCUT2D eigenvalue weighted by atomic mass is 79.9. The van der Waals surface area contributed by atoms with Crippen LogP contribution in [0, 0.1) is 0 Å². The number of fused-ring (bicyclic) bond motifs is 1. The fourth-order valence-corrected chi connectivity index (χ4v) is 4.48. The first-order valence-corrected chi connectivity index (χ1v) is 8.79. The van der Waals surface area contributed by atoms with Crippen LogP contribution in [-0.2, 0) is 6.42 Å². The molecule has 21 heavy (non-hydrogen) atoms. The minimum atomic E-state index is 0.255. The van der Waals surface area contributed by atoms with Gasteiger partial charge in [-0.2, -0.15) is 0 Å². The van der Waals surface area contributed by atoms with Crippen LogP contribution >= 0.6 is 43.5 Å². The average Bonchev–Trinajstić information content (AvgIpc) is 2.47. The number of rotatable bonds is 3. The van der Waals surface area contributed by atoms with Gasteiger partial charge in [-0.15, -0.1) is 0 Å². The summed E-state index contributed by atoms with van der Waals surface area (Å²) in [5.74, 6) is 0. The second-order valence-corrected chi connectivity index (χ2v) is 7.42. The first-order chi connectivity index (χ1) is 10.1. The van der Waals surface area contributed by atoms with Gasteiger partial charge in [-0.05, 0) is 40.5 Å². The van der Waals surface area contributed by atoms with Crippen LogP contribution in [0.3, 0.4) is 0 Å². The van der Waals surface area contributed by atoms with E-state index in [1.807, 2.05) is 12.1 Å². The fraction of sp³-hybridized carbons (Fsp3) is 0.111. The maximum Gasteiger partial charge on any atom is 0.0446 e. The average molecular weight is 425 g/mol. The summed E-state index contributed by atoms with van der Waals surface area (Å²) >= 11 is 13.4. The summed E-state index contributed by atoms with van der Waals surface area (Å²) in [6.45, 7) is 0. The molecule has 0 N–H and O–H groups in total. The Labute approximate surface area is 146 Å². The number of hydrogen-bond acceptors (Lipinski definition) is 0. The van der Waals surface area contributed by atoms with Crippen LogP contribution in [0.25, 0.3) is 10.8 Å². The lowest BCUT2D eigenvalue weighted by atomic mass is 10.0. The Hall–Kier alpha value is -0.830. The summed E-state index contributed by atoms with van der Waals surface area (Å²) < 4.78 is 1.04. The Bertz CT molecular complexity index is 783. The van der Waals surface area contributed by atoms with Gasteiger partial charge in [0.05, 0.1) is 0 Å². The third-order valence-electron chi connectivity index (χ3n) is 3.53. The largest absolute Gasteiger partial charge is 0.0843 e. The van der Waals surface area contributed by atoms with Crippen LogP contribution in [0.4, 0.5) is 0 Å². The summed E-state index contributed by atoms with van der Waals surface area (Å²) in [4.78, 5) is 0.255. The van der Waals surface area contributed by atoms with Crippen molar-refractivity contribution in [3.63, 3.8) is 0 Å². The van der Waals surface area contributed by atoms with E-state index >= 15 is 0 Å². The molecule has 0 fully saturated rings. The van der Waals surface area contributed by atoms with Crippen molar-refractivity contribution in [2.75, 3.05) is 0 Å². The molecule has 106 valence electrons. The van der Waals surface area contributed by atoms with Crippen molar-refractivity contribution < 1.29 is 0 Å². The molecule has 0 aliphatic rings. The van der Waals surface area contributed by atoms with Crippen LogP contribution in [0.5, 0.6) is 0 Å². The number of hydrogen-bond donors (Lipinski definition) is 0. The zero-order chi connectivity index (χ0) is 14.8. The molecule has 0 bridgehead atoms. The predicted octanol–water partition coefficient (Wildman–Crippen LogP) is 6.93. The van der Waals surface area contributed by atoms with Crippen molar-refractivity contribution >= 4 is 54.2 Å². The minimum absolute atomic E-state index is 0.255. The van der Waals surface area contributed by atoms with Crippen LogP contribution in [0.2, 0.25) is 5.02 Å². The van der Waals surface area contributed by atoms with Gasteiger partial charge < -0.3 is 0 Å². The highest BCUT2D eigenvalue weighted by Gasteiger charge is 2.12. The van der Waals surface area contributed by atoms with Gasteiger partial charge >= 0.3 is 0 Å². The van der Waals surface area contributed by atoms with Gasteiger partial charge in [-0.1, -0.05) is 92.0 Å². The van der Waals surface area contributed by atoms with Crippen molar-refractivity contribution in [2.45, 2.75) is 11.2 Å². The minimum Gasteiger partial charge on any atom is -0.0843 e.